The first-order chi connectivity index (χ1) is 21.9. The van der Waals surface area contributed by atoms with Crippen LogP contribution in [0, 0.1) is 26.6 Å². The molecule has 46 heavy (non-hydrogen) atoms. The predicted octanol–water partition coefficient (Wildman–Crippen LogP) is 6.50. The fourth-order valence-electron chi connectivity index (χ4n) is 5.14. The normalized spacial score (nSPS) is 12.7. The number of amides is 2. The maximum Gasteiger partial charge on any atom is 0.264 e. The first kappa shape index (κ1) is 34.4. The van der Waals surface area contributed by atoms with Crippen molar-refractivity contribution < 1.29 is 22.4 Å². The van der Waals surface area contributed by atoms with E-state index >= 15 is 0 Å². The van der Waals surface area contributed by atoms with E-state index in [9.17, 15) is 22.4 Å². The number of carbonyl (C=O) groups is 2. The number of rotatable bonds is 13. The minimum atomic E-state index is -4.21. The molecular weight excluding hydrogens is 601 g/mol. The Balaban J connectivity index is 1.83. The standard InChI is InChI=1S/C37H42FN3O4S/c1-6-28(4)39-37(43)35(23-30-12-8-7-9-13-30)40(24-31-17-19-32(38)20-18-31)36(42)25-41(34-14-10-11-27(3)29(34)5)46(44,45)33-21-15-26(2)16-22-33/h7-22,28,35H,6,23-25H2,1-5H3,(H,39,43)/t28-,35-/m0/s1. The fourth-order valence-corrected chi connectivity index (χ4v) is 6.61. The molecule has 0 aliphatic rings. The van der Waals surface area contributed by atoms with Gasteiger partial charge in [-0.15, -0.1) is 0 Å². The lowest BCUT2D eigenvalue weighted by Gasteiger charge is -2.34. The van der Waals surface area contributed by atoms with Crippen LogP contribution in [0.4, 0.5) is 10.1 Å². The van der Waals surface area contributed by atoms with E-state index in [1.807, 2.05) is 71.0 Å². The van der Waals surface area contributed by atoms with Gasteiger partial charge < -0.3 is 10.2 Å². The number of sulfonamides is 1. The van der Waals surface area contributed by atoms with Gasteiger partial charge in [0.05, 0.1) is 10.6 Å². The van der Waals surface area contributed by atoms with Crippen LogP contribution in [0.5, 0.6) is 0 Å². The van der Waals surface area contributed by atoms with Gasteiger partial charge in [0.25, 0.3) is 10.0 Å². The van der Waals surface area contributed by atoms with Crippen molar-refractivity contribution in [3.8, 4) is 0 Å². The van der Waals surface area contributed by atoms with Gasteiger partial charge in [-0.2, -0.15) is 0 Å². The molecule has 0 radical (unpaired) electrons. The number of aryl methyl sites for hydroxylation is 2. The molecule has 0 bridgehead atoms. The lowest BCUT2D eigenvalue weighted by molar-refractivity contribution is -0.140. The number of halogens is 1. The molecule has 4 aromatic carbocycles. The molecule has 0 saturated carbocycles. The maximum atomic E-state index is 14.6. The number of hydrogen-bond acceptors (Lipinski definition) is 4. The quantitative estimate of drug-likeness (QED) is 0.180. The Morgan fingerprint density at radius 3 is 2.11 bits per heavy atom. The van der Waals surface area contributed by atoms with Crippen LogP contribution in [0.15, 0.2) is 102 Å². The second-order valence-corrected chi connectivity index (χ2v) is 13.6. The Morgan fingerprint density at radius 1 is 0.826 bits per heavy atom. The first-order valence-corrected chi connectivity index (χ1v) is 16.9. The SMILES string of the molecule is CC[C@H](C)NC(=O)[C@H](Cc1ccccc1)N(Cc1ccc(F)cc1)C(=O)CN(c1cccc(C)c1C)S(=O)(=O)c1ccc(C)cc1. The van der Waals surface area contributed by atoms with Crippen LogP contribution in [0.25, 0.3) is 0 Å². The summed E-state index contributed by atoms with van der Waals surface area (Å²) in [5.41, 5.74) is 4.29. The van der Waals surface area contributed by atoms with Gasteiger partial charge in [-0.3, -0.25) is 13.9 Å². The second-order valence-electron chi connectivity index (χ2n) is 11.7. The van der Waals surface area contributed by atoms with Gasteiger partial charge in [-0.25, -0.2) is 12.8 Å². The van der Waals surface area contributed by atoms with Crippen LogP contribution >= 0.6 is 0 Å². The smallest absolute Gasteiger partial charge is 0.264 e. The molecule has 0 spiro atoms. The summed E-state index contributed by atoms with van der Waals surface area (Å²) < 4.78 is 43.5. The van der Waals surface area contributed by atoms with E-state index in [2.05, 4.69) is 5.32 Å². The highest BCUT2D eigenvalue weighted by Crippen LogP contribution is 2.29. The Labute approximate surface area is 272 Å². The summed E-state index contributed by atoms with van der Waals surface area (Å²) in [6, 6.07) is 25.8. The van der Waals surface area contributed by atoms with Crippen LogP contribution < -0.4 is 9.62 Å². The van der Waals surface area contributed by atoms with Crippen LogP contribution in [-0.4, -0.2) is 43.8 Å². The second kappa shape index (κ2) is 15.2. The molecule has 2 amide bonds. The number of anilines is 1. The molecule has 0 heterocycles. The van der Waals surface area contributed by atoms with Crippen LogP contribution in [0.2, 0.25) is 0 Å². The van der Waals surface area contributed by atoms with Crippen LogP contribution in [0.3, 0.4) is 0 Å². The third kappa shape index (κ3) is 8.40. The average Bonchev–Trinajstić information content (AvgIpc) is 3.04. The lowest BCUT2D eigenvalue weighted by atomic mass is 10.0. The van der Waals surface area contributed by atoms with E-state index in [1.54, 1.807) is 36.4 Å². The molecule has 4 aromatic rings. The Kier molecular flexibility index (Phi) is 11.4. The third-order valence-electron chi connectivity index (χ3n) is 8.27. The summed E-state index contributed by atoms with van der Waals surface area (Å²) in [6.45, 7) is 8.83. The van der Waals surface area contributed by atoms with Gasteiger partial charge in [-0.05, 0) is 86.7 Å². The van der Waals surface area contributed by atoms with Crippen molar-refractivity contribution in [3.63, 3.8) is 0 Å². The van der Waals surface area contributed by atoms with E-state index in [1.165, 1.54) is 29.2 Å². The fraction of sp³-hybridized carbons (Fsp3) is 0.297. The molecule has 9 heteroatoms. The van der Waals surface area contributed by atoms with Crippen molar-refractivity contribution >= 4 is 27.5 Å². The number of carbonyl (C=O) groups excluding carboxylic acids is 2. The molecular formula is C37H42FN3O4S. The van der Waals surface area contributed by atoms with Crippen molar-refractivity contribution in [2.24, 2.45) is 0 Å². The summed E-state index contributed by atoms with van der Waals surface area (Å²) in [5, 5.41) is 3.02. The van der Waals surface area contributed by atoms with Gasteiger partial charge in [-0.1, -0.05) is 79.2 Å². The molecule has 242 valence electrons. The van der Waals surface area contributed by atoms with Crippen LogP contribution in [0.1, 0.15) is 48.1 Å². The van der Waals surface area contributed by atoms with Crippen molar-refractivity contribution in [1.82, 2.24) is 10.2 Å². The predicted molar refractivity (Wildman–Crippen MR) is 180 cm³/mol. The Morgan fingerprint density at radius 2 is 1.48 bits per heavy atom. The monoisotopic (exact) mass is 643 g/mol. The van der Waals surface area contributed by atoms with E-state index < -0.39 is 34.3 Å². The number of hydrogen-bond donors (Lipinski definition) is 1. The van der Waals surface area contributed by atoms with Crippen molar-refractivity contribution in [2.45, 2.75) is 71.0 Å². The van der Waals surface area contributed by atoms with Crippen molar-refractivity contribution in [3.05, 3.63) is 131 Å². The summed E-state index contributed by atoms with van der Waals surface area (Å²) in [6.07, 6.45) is 0.884. The van der Waals surface area contributed by atoms with E-state index in [0.29, 0.717) is 23.2 Å². The van der Waals surface area contributed by atoms with Gasteiger partial charge in [0.15, 0.2) is 0 Å². The summed E-state index contributed by atoms with van der Waals surface area (Å²) in [5.74, 6) is -1.35. The molecule has 7 nitrogen and oxygen atoms in total. The highest BCUT2D eigenvalue weighted by Gasteiger charge is 2.35. The third-order valence-corrected chi connectivity index (χ3v) is 10.0. The van der Waals surface area contributed by atoms with E-state index in [-0.39, 0.29) is 29.8 Å². The molecule has 0 aromatic heterocycles. The molecule has 4 rings (SSSR count). The Hall–Kier alpha value is -4.50. The van der Waals surface area contributed by atoms with Gasteiger partial charge in [0, 0.05) is 19.0 Å². The van der Waals surface area contributed by atoms with Crippen molar-refractivity contribution in [1.29, 1.82) is 0 Å². The molecule has 2 atom stereocenters. The molecule has 1 N–H and O–H groups in total. The van der Waals surface area contributed by atoms with Gasteiger partial charge in [0.1, 0.15) is 18.4 Å². The Bertz CT molecular complexity index is 1740. The van der Waals surface area contributed by atoms with Gasteiger partial charge >= 0.3 is 0 Å². The molecule has 0 unspecified atom stereocenters. The van der Waals surface area contributed by atoms with Crippen molar-refractivity contribution in [2.75, 3.05) is 10.8 Å². The highest BCUT2D eigenvalue weighted by molar-refractivity contribution is 7.92. The topological polar surface area (TPSA) is 86.8 Å². The zero-order chi connectivity index (χ0) is 33.4. The lowest BCUT2D eigenvalue weighted by Crippen LogP contribution is -2.54. The largest absolute Gasteiger partial charge is 0.352 e. The van der Waals surface area contributed by atoms with Crippen LogP contribution in [-0.2, 0) is 32.6 Å². The summed E-state index contributed by atoms with van der Waals surface area (Å²) in [4.78, 5) is 30.0. The van der Waals surface area contributed by atoms with Gasteiger partial charge in [0.2, 0.25) is 11.8 Å². The minimum absolute atomic E-state index is 0.0320. The number of nitrogens with zero attached hydrogens (tertiary/aromatic N) is 2. The zero-order valence-electron chi connectivity index (χ0n) is 27.0. The highest BCUT2D eigenvalue weighted by atomic mass is 32.2. The number of nitrogens with one attached hydrogen (secondary N) is 1. The first-order valence-electron chi connectivity index (χ1n) is 15.4. The average molecular weight is 644 g/mol. The van der Waals surface area contributed by atoms with E-state index in [4.69, 9.17) is 0 Å². The number of benzene rings is 4. The molecule has 0 aliphatic heterocycles. The maximum absolute atomic E-state index is 14.6. The van der Waals surface area contributed by atoms with E-state index in [0.717, 1.165) is 21.0 Å². The summed E-state index contributed by atoms with van der Waals surface area (Å²) >= 11 is 0. The molecule has 0 aliphatic carbocycles. The molecule has 0 saturated heterocycles. The molecule has 0 fully saturated rings. The zero-order valence-corrected chi connectivity index (χ0v) is 27.9. The summed E-state index contributed by atoms with van der Waals surface area (Å²) in [7, 11) is -4.21. The minimum Gasteiger partial charge on any atom is -0.352 e.